The summed E-state index contributed by atoms with van der Waals surface area (Å²) >= 11 is 0. The third kappa shape index (κ3) is 3.20. The van der Waals surface area contributed by atoms with Gasteiger partial charge in [-0.3, -0.25) is 9.80 Å². The number of hydrogen-bond donors (Lipinski definition) is 0. The third-order valence-electron chi connectivity index (χ3n) is 7.69. The van der Waals surface area contributed by atoms with Crippen LogP contribution >= 0.6 is 0 Å². The van der Waals surface area contributed by atoms with Gasteiger partial charge in [-0.05, 0) is 28.8 Å². The van der Waals surface area contributed by atoms with E-state index in [0.29, 0.717) is 11.1 Å². The number of esters is 1. The lowest BCUT2D eigenvalue weighted by atomic mass is 9.72. The Bertz CT molecular complexity index is 1600. The molecule has 6 nitrogen and oxygen atoms in total. The molecule has 3 aliphatic rings. The smallest absolute Gasteiger partial charge is 0.344 e. The molecule has 0 unspecified atom stereocenters. The van der Waals surface area contributed by atoms with Crippen LogP contribution in [0.2, 0.25) is 0 Å². The monoisotopic (exact) mass is 497 g/mol. The molecule has 0 saturated carbocycles. The number of fused-ring (bicyclic) bond motifs is 4. The molecule has 4 aromatic rings. The Hall–Kier alpha value is -4.84. The molecular formula is C32H23N3O3. The fourth-order valence-corrected chi connectivity index (χ4v) is 6.07. The van der Waals surface area contributed by atoms with Gasteiger partial charge in [0.05, 0.1) is 12.1 Å². The van der Waals surface area contributed by atoms with Crippen LogP contribution in [0.1, 0.15) is 44.6 Å². The van der Waals surface area contributed by atoms with E-state index in [-0.39, 0.29) is 11.7 Å². The van der Waals surface area contributed by atoms with Crippen molar-refractivity contribution >= 4 is 23.9 Å². The lowest BCUT2D eigenvalue weighted by molar-refractivity contribution is -0.140. The fraction of sp³-hybridized carbons (Fsp3) is 0.125. The summed E-state index contributed by atoms with van der Waals surface area (Å²) in [6, 6.07) is 34.7. The Kier molecular flexibility index (Phi) is 5.08. The van der Waals surface area contributed by atoms with Gasteiger partial charge in [-0.25, -0.2) is 9.79 Å². The minimum Gasteiger partial charge on any atom is -0.405 e. The van der Waals surface area contributed by atoms with E-state index in [2.05, 4.69) is 0 Å². The summed E-state index contributed by atoms with van der Waals surface area (Å²) in [7, 11) is 0. The first kappa shape index (κ1) is 22.4. The molecule has 4 atom stereocenters. The summed E-state index contributed by atoms with van der Waals surface area (Å²) in [6.07, 6.45) is 1.76. The number of aliphatic imine (C=N–C) groups is 1. The Balaban J connectivity index is 1.52. The van der Waals surface area contributed by atoms with Crippen LogP contribution < -0.4 is 0 Å². The normalized spacial score (nSPS) is 25.1. The number of carbonyl (C=O) groups is 2. The minimum absolute atomic E-state index is 0.117. The molecule has 3 heterocycles. The number of nitrogens with zero attached hydrogens (tertiary/aromatic N) is 3. The van der Waals surface area contributed by atoms with Gasteiger partial charge >= 0.3 is 5.97 Å². The van der Waals surface area contributed by atoms with Crippen molar-refractivity contribution in [1.29, 1.82) is 0 Å². The Labute approximate surface area is 219 Å². The number of ether oxygens (including phenoxy) is 1. The van der Waals surface area contributed by atoms with Crippen molar-refractivity contribution in [1.82, 2.24) is 5.01 Å². The van der Waals surface area contributed by atoms with E-state index >= 15 is 0 Å². The molecule has 0 N–H and O–H groups in total. The molecule has 4 aromatic carbocycles. The van der Waals surface area contributed by atoms with Crippen molar-refractivity contribution in [3.05, 3.63) is 143 Å². The molecule has 38 heavy (non-hydrogen) atoms. The summed E-state index contributed by atoms with van der Waals surface area (Å²) in [5.74, 6) is -0.973. The van der Waals surface area contributed by atoms with Crippen LogP contribution in [0, 0.1) is 0 Å². The van der Waals surface area contributed by atoms with Crippen molar-refractivity contribution < 1.29 is 14.3 Å². The van der Waals surface area contributed by atoms with Gasteiger partial charge in [0.25, 0.3) is 0 Å². The topological polar surface area (TPSA) is 71.3 Å². The molecule has 0 amide bonds. The SMILES string of the molecule is O=C(c1ccccc1)[C@@H]1[C@H](c2ccccc2)[C@@]2(N=C(c3ccccc3)OC2=O)[C@H]2c3ccccc3C=NN12. The Morgan fingerprint density at radius 1 is 0.789 bits per heavy atom. The third-order valence-corrected chi connectivity index (χ3v) is 7.69. The Morgan fingerprint density at radius 2 is 1.42 bits per heavy atom. The molecule has 7 rings (SSSR count). The number of carbonyl (C=O) groups excluding carboxylic acids is 2. The quantitative estimate of drug-likeness (QED) is 0.288. The van der Waals surface area contributed by atoms with Crippen molar-refractivity contribution in [2.75, 3.05) is 0 Å². The van der Waals surface area contributed by atoms with Crippen molar-refractivity contribution in [2.45, 2.75) is 23.5 Å². The van der Waals surface area contributed by atoms with E-state index in [0.717, 1.165) is 16.7 Å². The highest BCUT2D eigenvalue weighted by Crippen LogP contribution is 2.58. The standard InChI is InChI=1S/C32H23N3O3/c36-28(22-14-6-2-7-15-22)27-26(21-12-4-1-5-13-21)32(29-25-19-11-10-18-24(25)20-33-35(27)29)31(37)38-30(34-32)23-16-8-3-9-17-23/h1-20,26-27,29H/t26-,27-,29+,32+/m0/s1. The second-order valence-electron chi connectivity index (χ2n) is 9.72. The van der Waals surface area contributed by atoms with Crippen molar-refractivity contribution in [2.24, 2.45) is 10.1 Å². The first-order chi connectivity index (χ1) is 18.7. The minimum atomic E-state index is -1.42. The summed E-state index contributed by atoms with van der Waals surface area (Å²) in [6.45, 7) is 0. The lowest BCUT2D eigenvalue weighted by Crippen LogP contribution is -2.44. The molecule has 0 aromatic heterocycles. The number of rotatable bonds is 4. The second-order valence-corrected chi connectivity index (χ2v) is 9.72. The number of benzene rings is 4. The molecule has 1 saturated heterocycles. The average Bonchev–Trinajstić information content (AvgIpc) is 3.49. The number of Topliss-reactive ketones (excluding diaryl/α,β-unsaturated/α-hetero) is 1. The lowest BCUT2D eigenvalue weighted by Gasteiger charge is -2.34. The van der Waals surface area contributed by atoms with Gasteiger partial charge in [-0.15, -0.1) is 0 Å². The van der Waals surface area contributed by atoms with Gasteiger partial charge in [0.2, 0.25) is 5.90 Å². The predicted molar refractivity (Wildman–Crippen MR) is 144 cm³/mol. The molecule has 1 spiro atoms. The van der Waals surface area contributed by atoms with Crippen LogP contribution in [0.15, 0.2) is 125 Å². The van der Waals surface area contributed by atoms with Crippen LogP contribution in [-0.2, 0) is 9.53 Å². The van der Waals surface area contributed by atoms with Gasteiger partial charge in [0.1, 0.15) is 12.1 Å². The highest BCUT2D eigenvalue weighted by molar-refractivity contribution is 6.11. The van der Waals surface area contributed by atoms with E-state index in [1.807, 2.05) is 103 Å². The van der Waals surface area contributed by atoms with Crippen LogP contribution in [0.25, 0.3) is 0 Å². The van der Waals surface area contributed by atoms with Crippen LogP contribution in [0.5, 0.6) is 0 Å². The van der Waals surface area contributed by atoms with E-state index < -0.39 is 29.5 Å². The predicted octanol–water partition coefficient (Wildman–Crippen LogP) is 5.17. The molecule has 6 heteroatoms. The van der Waals surface area contributed by atoms with Gasteiger partial charge in [0.15, 0.2) is 11.3 Å². The largest absolute Gasteiger partial charge is 0.405 e. The summed E-state index contributed by atoms with van der Waals surface area (Å²) < 4.78 is 5.96. The zero-order valence-corrected chi connectivity index (χ0v) is 20.3. The summed E-state index contributed by atoms with van der Waals surface area (Å²) in [4.78, 5) is 33.6. The van der Waals surface area contributed by atoms with Gasteiger partial charge in [-0.1, -0.05) is 103 Å². The number of ketones is 1. The maximum absolute atomic E-state index is 14.3. The van der Waals surface area contributed by atoms with E-state index in [1.165, 1.54) is 0 Å². The first-order valence-corrected chi connectivity index (χ1v) is 12.6. The van der Waals surface area contributed by atoms with E-state index in [4.69, 9.17) is 14.8 Å². The van der Waals surface area contributed by atoms with Gasteiger partial charge < -0.3 is 4.74 Å². The molecule has 184 valence electrons. The van der Waals surface area contributed by atoms with Gasteiger partial charge in [-0.2, -0.15) is 5.10 Å². The molecule has 0 bridgehead atoms. The average molecular weight is 498 g/mol. The molecule has 3 aliphatic heterocycles. The maximum atomic E-state index is 14.3. The number of hydrogen-bond acceptors (Lipinski definition) is 6. The van der Waals surface area contributed by atoms with Crippen LogP contribution in [-0.4, -0.2) is 40.5 Å². The molecular weight excluding hydrogens is 474 g/mol. The van der Waals surface area contributed by atoms with Crippen LogP contribution in [0.3, 0.4) is 0 Å². The van der Waals surface area contributed by atoms with Crippen molar-refractivity contribution in [3.63, 3.8) is 0 Å². The number of cyclic esters (lactones) is 1. The number of hydrazone groups is 1. The van der Waals surface area contributed by atoms with E-state index in [1.54, 1.807) is 23.4 Å². The first-order valence-electron chi connectivity index (χ1n) is 12.6. The molecule has 0 radical (unpaired) electrons. The van der Waals surface area contributed by atoms with Crippen molar-refractivity contribution in [3.8, 4) is 0 Å². The molecule has 1 fully saturated rings. The zero-order chi connectivity index (χ0) is 25.7. The zero-order valence-electron chi connectivity index (χ0n) is 20.3. The van der Waals surface area contributed by atoms with Gasteiger partial charge in [0, 0.05) is 11.1 Å². The summed E-state index contributed by atoms with van der Waals surface area (Å²) in [5, 5.41) is 6.58. The highest BCUT2D eigenvalue weighted by atomic mass is 16.6. The van der Waals surface area contributed by atoms with Crippen LogP contribution in [0.4, 0.5) is 0 Å². The maximum Gasteiger partial charge on any atom is 0.344 e. The van der Waals surface area contributed by atoms with E-state index in [9.17, 15) is 9.59 Å². The second kappa shape index (κ2) is 8.63. The Morgan fingerprint density at radius 3 is 2.16 bits per heavy atom. The summed E-state index contributed by atoms with van der Waals surface area (Å²) in [5.41, 5.74) is 2.46. The highest BCUT2D eigenvalue weighted by Gasteiger charge is 2.70. The fourth-order valence-electron chi connectivity index (χ4n) is 6.07. The molecule has 0 aliphatic carbocycles.